The van der Waals surface area contributed by atoms with Gasteiger partial charge in [-0.3, -0.25) is 9.59 Å². The number of nitrogens with two attached hydrogens (primary N) is 1. The summed E-state index contributed by atoms with van der Waals surface area (Å²) < 4.78 is 84.4. The molecule has 0 saturated carbocycles. The highest BCUT2D eigenvalue weighted by atomic mass is 19.4. The third-order valence-electron chi connectivity index (χ3n) is 12.3. The summed E-state index contributed by atoms with van der Waals surface area (Å²) in [7, 11) is -1.24. The fraction of sp³-hybridized carbons (Fsp3) is 0.226. The molecule has 2 fully saturated rings. The normalized spacial score (nSPS) is 13.5. The van der Waals surface area contributed by atoms with Gasteiger partial charge in [0.25, 0.3) is 11.8 Å². The Balaban J connectivity index is 0.000000186. The number of benzene rings is 6. The van der Waals surface area contributed by atoms with Gasteiger partial charge in [-0.1, -0.05) is 36.4 Å². The Morgan fingerprint density at radius 2 is 1.13 bits per heavy atom. The van der Waals surface area contributed by atoms with Gasteiger partial charge in [0.05, 0.1) is 45.0 Å². The summed E-state index contributed by atoms with van der Waals surface area (Å²) in [6.07, 6.45) is -1.47. The molecular formula is C53H50B2F6N7O8. The lowest BCUT2D eigenvalue weighted by molar-refractivity contribution is -0.138. The smallest absolute Gasteiger partial charge is 0.537 e. The zero-order chi connectivity index (χ0) is 54.6. The first kappa shape index (κ1) is 55.6. The van der Waals surface area contributed by atoms with Crippen LogP contribution in [0.15, 0.2) is 134 Å². The number of nitrogens with one attached hydrogen (secondary N) is 2. The van der Waals surface area contributed by atoms with Gasteiger partial charge in [-0.15, -0.1) is 0 Å². The largest absolute Gasteiger partial charge is 0.569 e. The van der Waals surface area contributed by atoms with Crippen molar-refractivity contribution in [1.29, 1.82) is 0 Å². The molecule has 0 atom stereocenters. The molecule has 76 heavy (non-hydrogen) atoms. The van der Waals surface area contributed by atoms with Crippen molar-refractivity contribution in [3.63, 3.8) is 0 Å². The molecule has 2 amide bonds. The molecule has 23 heteroatoms. The van der Waals surface area contributed by atoms with E-state index >= 15 is 0 Å². The summed E-state index contributed by atoms with van der Waals surface area (Å²) in [5.41, 5.74) is 8.40. The molecule has 9 rings (SSSR count). The number of anilines is 5. The van der Waals surface area contributed by atoms with Gasteiger partial charge in [0.1, 0.15) is 5.75 Å². The number of nitrogen functional groups attached to an aromatic ring is 1. The van der Waals surface area contributed by atoms with Crippen LogP contribution in [-0.4, -0.2) is 88.9 Å². The molecule has 0 unspecified atom stereocenters. The molecule has 3 heterocycles. The molecule has 7 aromatic rings. The van der Waals surface area contributed by atoms with Crippen LogP contribution >= 0.6 is 0 Å². The van der Waals surface area contributed by atoms with E-state index in [1.54, 1.807) is 30.5 Å². The quantitative estimate of drug-likeness (QED) is 0.0475. The number of alkyl halides is 6. The number of carboxylic acid groups (broad SMARTS) is 1. The molecule has 393 valence electrons. The number of nitrogens with zero attached hydrogens (tertiary/aromatic N) is 4. The van der Waals surface area contributed by atoms with E-state index in [2.05, 4.69) is 25.3 Å². The Hall–Kier alpha value is -8.14. The summed E-state index contributed by atoms with van der Waals surface area (Å²) in [6.45, 7) is 2.89. The first-order valence-corrected chi connectivity index (χ1v) is 23.9. The van der Waals surface area contributed by atoms with Crippen LogP contribution in [0, 0.1) is 0 Å². The second kappa shape index (κ2) is 24.9. The Bertz CT molecular complexity index is 3170. The van der Waals surface area contributed by atoms with E-state index in [-0.39, 0.29) is 39.7 Å². The van der Waals surface area contributed by atoms with Crippen molar-refractivity contribution in [1.82, 2.24) is 9.97 Å². The molecule has 1 aromatic heterocycles. The maximum Gasteiger partial charge on any atom is 0.569 e. The molecular weight excluding hydrogens is 998 g/mol. The zero-order valence-electron chi connectivity index (χ0n) is 40.5. The predicted octanol–water partition coefficient (Wildman–Crippen LogP) is 9.06. The number of aromatic nitrogens is 2. The van der Waals surface area contributed by atoms with E-state index in [4.69, 9.17) is 15.9 Å². The first-order chi connectivity index (χ1) is 36.3. The van der Waals surface area contributed by atoms with Crippen LogP contribution in [-0.2, 0) is 12.4 Å². The third kappa shape index (κ3) is 14.8. The maximum absolute atomic E-state index is 13.4. The highest BCUT2D eigenvalue weighted by molar-refractivity contribution is 6.58. The second-order valence-electron chi connectivity index (χ2n) is 17.6. The minimum atomic E-state index is -4.53. The zero-order valence-corrected chi connectivity index (χ0v) is 40.5. The minimum absolute atomic E-state index is 0.0803. The second-order valence-corrected chi connectivity index (χ2v) is 17.6. The van der Waals surface area contributed by atoms with Gasteiger partial charge in [0.2, 0.25) is 5.95 Å². The number of aromatic carboxylic acids is 1. The molecule has 2 saturated heterocycles. The lowest BCUT2D eigenvalue weighted by atomic mass is 9.79. The predicted molar refractivity (Wildman–Crippen MR) is 279 cm³/mol. The van der Waals surface area contributed by atoms with Gasteiger partial charge in [-0.2, -0.15) is 26.3 Å². The number of fused-ring (bicyclic) bond motifs is 1. The molecule has 6 aromatic carbocycles. The number of halogens is 6. The van der Waals surface area contributed by atoms with Gasteiger partial charge >= 0.3 is 33.1 Å². The standard InChI is InChI=1S/C27H24F3N5O.C19H20BF3N2O3.C7H6BO4/c28-27(29,30)21-8-10-24(35-11-2-1-3-12-35)23(15-21)33-25(36)19-6-4-5-17(13-19)18-7-9-22-20(14-18)16-32-26(31)34-22;21-19(22,23)14-7-8-17(25-9-2-1-3-10-25)16(12-14)24-18(26)13-5-4-6-15(11-13)20(27)28;9-7(10)5-2-1-3-6(4-5)12-8-11/h4-10,13-16H,1-3,11-12H2,(H,33,36)(H2,31,32,34);4-8,11-12,27-28H,1-3,9-10H2,(H,24,26);1-4,11H,(H,9,10). The van der Waals surface area contributed by atoms with E-state index in [9.17, 15) is 50.8 Å². The van der Waals surface area contributed by atoms with Gasteiger partial charge in [-0.25, -0.2) is 14.8 Å². The van der Waals surface area contributed by atoms with Crippen molar-refractivity contribution in [3.8, 4) is 16.9 Å². The van der Waals surface area contributed by atoms with E-state index in [1.807, 2.05) is 34.1 Å². The molecule has 0 bridgehead atoms. The Kier molecular flexibility index (Phi) is 18.2. The molecule has 0 aliphatic carbocycles. The Labute approximate surface area is 433 Å². The number of carbonyl (C=O) groups excluding carboxylic acids is 2. The third-order valence-corrected chi connectivity index (χ3v) is 12.3. The fourth-order valence-electron chi connectivity index (χ4n) is 8.51. The highest BCUT2D eigenvalue weighted by Gasteiger charge is 2.33. The maximum atomic E-state index is 13.4. The average Bonchev–Trinajstić information content (AvgIpc) is 3.41. The summed E-state index contributed by atoms with van der Waals surface area (Å²) in [4.78, 5) is 48.4. The number of piperidine rings is 2. The van der Waals surface area contributed by atoms with E-state index in [0.717, 1.165) is 92.4 Å². The van der Waals surface area contributed by atoms with Gasteiger partial charge in [0, 0.05) is 48.9 Å². The van der Waals surface area contributed by atoms with Crippen LogP contribution in [0.1, 0.15) is 80.7 Å². The number of carboxylic acids is 1. The number of hydrogen-bond donors (Lipinski definition) is 7. The van der Waals surface area contributed by atoms with E-state index in [0.29, 0.717) is 43.2 Å². The molecule has 2 aliphatic rings. The van der Waals surface area contributed by atoms with Gasteiger partial charge in [-0.05, 0) is 146 Å². The van der Waals surface area contributed by atoms with Crippen LogP contribution in [0.2, 0.25) is 0 Å². The minimum Gasteiger partial charge on any atom is -0.537 e. The van der Waals surface area contributed by atoms with Crippen molar-refractivity contribution < 1.29 is 65.6 Å². The van der Waals surface area contributed by atoms with Crippen LogP contribution in [0.4, 0.5) is 55.0 Å². The lowest BCUT2D eigenvalue weighted by Gasteiger charge is -2.31. The molecule has 15 nitrogen and oxygen atoms in total. The summed E-state index contributed by atoms with van der Waals surface area (Å²) >= 11 is 0. The number of carbonyl (C=O) groups is 3. The monoisotopic (exact) mass is 1050 g/mol. The fourth-order valence-corrected chi connectivity index (χ4v) is 8.51. The highest BCUT2D eigenvalue weighted by Crippen LogP contribution is 2.38. The van der Waals surface area contributed by atoms with Crippen LogP contribution in [0.3, 0.4) is 0 Å². The molecule has 1 radical (unpaired) electrons. The first-order valence-electron chi connectivity index (χ1n) is 23.9. The van der Waals surface area contributed by atoms with Crippen LogP contribution < -0.4 is 36.3 Å². The Morgan fingerprint density at radius 1 is 0.618 bits per heavy atom. The van der Waals surface area contributed by atoms with E-state index in [1.165, 1.54) is 54.6 Å². The van der Waals surface area contributed by atoms with Gasteiger partial charge < -0.3 is 51.0 Å². The van der Waals surface area contributed by atoms with Crippen LogP contribution in [0.25, 0.3) is 22.0 Å². The number of rotatable bonds is 11. The van der Waals surface area contributed by atoms with Crippen molar-refractivity contribution in [2.24, 2.45) is 0 Å². The molecule has 0 spiro atoms. The number of amides is 2. The summed E-state index contributed by atoms with van der Waals surface area (Å²) in [5.74, 6) is -1.66. The van der Waals surface area contributed by atoms with Crippen molar-refractivity contribution >= 4 is 77.7 Å². The van der Waals surface area contributed by atoms with Crippen LogP contribution in [0.5, 0.6) is 5.75 Å². The van der Waals surface area contributed by atoms with Crippen molar-refractivity contribution in [2.75, 3.05) is 52.3 Å². The van der Waals surface area contributed by atoms with E-state index < -0.39 is 48.4 Å². The van der Waals surface area contributed by atoms with Crippen molar-refractivity contribution in [2.45, 2.75) is 50.9 Å². The molecule has 2 aliphatic heterocycles. The van der Waals surface area contributed by atoms with Gasteiger partial charge in [0.15, 0.2) is 0 Å². The summed E-state index contributed by atoms with van der Waals surface area (Å²) in [5, 5.41) is 41.4. The molecule has 8 N–H and O–H groups in total. The topological polar surface area (TPSA) is 224 Å². The lowest BCUT2D eigenvalue weighted by Crippen LogP contribution is -2.31. The van der Waals surface area contributed by atoms with Crippen molar-refractivity contribution in [3.05, 3.63) is 161 Å². The Morgan fingerprint density at radius 3 is 1.66 bits per heavy atom. The SMILES string of the molecule is Nc1ncc2cc(-c3cccc(C(=O)Nc4cc(C(F)(F)F)ccc4N4CCCCC4)c3)ccc2n1.O=C(Nc1cc(C(F)(F)F)ccc1N1CCCCC1)c1cccc(B(O)O)c1.O=C(O)c1cccc(O[B]O)c1. The summed E-state index contributed by atoms with van der Waals surface area (Å²) in [6, 6.07) is 30.9. The number of hydrogen-bond acceptors (Lipinski definition) is 12. The average molecular weight is 1050 g/mol.